The minimum atomic E-state index is -0.833. The van der Waals surface area contributed by atoms with E-state index in [1.165, 1.54) is 48.5 Å². The molecule has 0 saturated carbocycles. The maximum absolute atomic E-state index is 12.5. The number of ether oxygens (including phenoxy) is 2. The molecule has 0 aromatic heterocycles. The highest BCUT2D eigenvalue weighted by Crippen LogP contribution is 2.34. The first-order chi connectivity index (χ1) is 18.6. The number of benzene rings is 4. The molecule has 0 amide bonds. The number of carbonyl (C=O) groups is 2. The zero-order valence-corrected chi connectivity index (χ0v) is 20.9. The molecule has 10 nitrogen and oxygen atoms in total. The average Bonchev–Trinajstić information content (AvgIpc) is 2.93. The molecule has 0 unspecified atom stereocenters. The van der Waals surface area contributed by atoms with Gasteiger partial charge in [0.2, 0.25) is 0 Å². The van der Waals surface area contributed by atoms with Gasteiger partial charge in [-0.2, -0.15) is 0 Å². The Kier molecular flexibility index (Phi) is 7.48. The molecule has 0 atom stereocenters. The molecule has 10 heteroatoms. The van der Waals surface area contributed by atoms with E-state index in [1.54, 1.807) is 48.5 Å². The maximum Gasteiger partial charge on any atom is 0.350 e. The van der Waals surface area contributed by atoms with E-state index in [0.717, 1.165) is 11.1 Å². The zero-order valence-electron chi connectivity index (χ0n) is 20.9. The second kappa shape index (κ2) is 10.9. The van der Waals surface area contributed by atoms with Crippen LogP contribution < -0.4 is 9.47 Å². The standard InChI is InChI=1S/C29H22N2O8/c1-29(2,19-11-15-21(16-12-19)38-27(32)23-7-3-5-9-25(23)30(34)35)20-13-17-22(18-14-20)39-28(33)24-8-4-6-10-26(24)31(36)37/h3-18H,1-2H3. The molecule has 0 bridgehead atoms. The number of nitro groups is 2. The molecule has 4 aromatic carbocycles. The zero-order chi connectivity index (χ0) is 28.2. The predicted molar refractivity (Wildman–Crippen MR) is 141 cm³/mol. The van der Waals surface area contributed by atoms with Gasteiger partial charge in [-0.25, -0.2) is 9.59 Å². The van der Waals surface area contributed by atoms with Crippen LogP contribution in [0.2, 0.25) is 0 Å². The number of hydrogen-bond acceptors (Lipinski definition) is 8. The summed E-state index contributed by atoms with van der Waals surface area (Å²) in [5.74, 6) is -1.20. The number of hydrogen-bond donors (Lipinski definition) is 0. The van der Waals surface area contributed by atoms with Crippen LogP contribution in [0.1, 0.15) is 45.7 Å². The first kappa shape index (κ1) is 26.7. The van der Waals surface area contributed by atoms with Gasteiger partial charge in [-0.05, 0) is 47.5 Å². The Labute approximate surface area is 222 Å². The van der Waals surface area contributed by atoms with Crippen molar-refractivity contribution in [3.63, 3.8) is 0 Å². The molecule has 0 aliphatic rings. The van der Waals surface area contributed by atoms with Gasteiger partial charge in [-0.15, -0.1) is 0 Å². The highest BCUT2D eigenvalue weighted by atomic mass is 16.6. The monoisotopic (exact) mass is 526 g/mol. The van der Waals surface area contributed by atoms with Crippen molar-refractivity contribution >= 4 is 23.3 Å². The summed E-state index contributed by atoms with van der Waals surface area (Å²) in [6, 6.07) is 24.7. The van der Waals surface area contributed by atoms with E-state index in [1.807, 2.05) is 13.8 Å². The summed E-state index contributed by atoms with van der Waals surface area (Å²) >= 11 is 0. The highest BCUT2D eigenvalue weighted by molar-refractivity contribution is 5.95. The van der Waals surface area contributed by atoms with Crippen LogP contribution in [0.3, 0.4) is 0 Å². The SMILES string of the molecule is CC(C)(c1ccc(OC(=O)c2ccccc2[N+](=O)[O-])cc1)c1ccc(OC(=O)c2ccccc2[N+](=O)[O-])cc1. The van der Waals surface area contributed by atoms with E-state index in [0.29, 0.717) is 0 Å². The largest absolute Gasteiger partial charge is 0.423 e. The lowest BCUT2D eigenvalue weighted by Crippen LogP contribution is -2.19. The van der Waals surface area contributed by atoms with Crippen LogP contribution >= 0.6 is 0 Å². The second-order valence-corrected chi connectivity index (χ2v) is 9.00. The van der Waals surface area contributed by atoms with E-state index >= 15 is 0 Å². The van der Waals surface area contributed by atoms with Gasteiger partial charge in [0.1, 0.15) is 22.6 Å². The minimum Gasteiger partial charge on any atom is -0.423 e. The van der Waals surface area contributed by atoms with Crippen LogP contribution in [-0.2, 0) is 5.41 Å². The smallest absolute Gasteiger partial charge is 0.350 e. The van der Waals surface area contributed by atoms with Crippen molar-refractivity contribution in [3.05, 3.63) is 140 Å². The van der Waals surface area contributed by atoms with Crippen LogP contribution in [0.4, 0.5) is 11.4 Å². The van der Waals surface area contributed by atoms with Crippen molar-refractivity contribution < 1.29 is 28.9 Å². The van der Waals surface area contributed by atoms with Gasteiger partial charge in [-0.1, -0.05) is 62.4 Å². The van der Waals surface area contributed by atoms with Gasteiger partial charge in [0.25, 0.3) is 11.4 Å². The van der Waals surface area contributed by atoms with Gasteiger partial charge < -0.3 is 9.47 Å². The number of para-hydroxylation sites is 2. The molecule has 0 N–H and O–H groups in total. The van der Waals surface area contributed by atoms with Gasteiger partial charge in [0.05, 0.1) is 9.85 Å². The van der Waals surface area contributed by atoms with E-state index in [2.05, 4.69) is 0 Å². The summed E-state index contributed by atoms with van der Waals surface area (Å²) in [4.78, 5) is 46.1. The Morgan fingerprint density at radius 2 is 0.923 bits per heavy atom. The Balaban J connectivity index is 1.46. The lowest BCUT2D eigenvalue weighted by molar-refractivity contribution is -0.385. The Morgan fingerprint density at radius 3 is 1.26 bits per heavy atom. The fourth-order valence-electron chi connectivity index (χ4n) is 3.98. The van der Waals surface area contributed by atoms with Crippen LogP contribution in [-0.4, -0.2) is 21.8 Å². The molecule has 0 fully saturated rings. The Hall–Kier alpha value is -5.38. The average molecular weight is 527 g/mol. The van der Waals surface area contributed by atoms with Gasteiger partial charge in [0.15, 0.2) is 0 Å². The third kappa shape index (κ3) is 5.80. The summed E-state index contributed by atoms with van der Waals surface area (Å²) in [7, 11) is 0. The normalized spacial score (nSPS) is 10.9. The van der Waals surface area contributed by atoms with E-state index < -0.39 is 27.2 Å². The summed E-state index contributed by atoms with van der Waals surface area (Å²) in [5.41, 5.74) is 0.314. The number of nitrogens with zero attached hydrogens (tertiary/aromatic N) is 2. The molecule has 0 aliphatic carbocycles. The molecule has 0 heterocycles. The fourth-order valence-corrected chi connectivity index (χ4v) is 3.98. The van der Waals surface area contributed by atoms with Gasteiger partial charge >= 0.3 is 11.9 Å². The number of rotatable bonds is 8. The topological polar surface area (TPSA) is 139 Å². The quantitative estimate of drug-likeness (QED) is 0.113. The molecular formula is C29H22N2O8. The molecule has 39 heavy (non-hydrogen) atoms. The van der Waals surface area contributed by atoms with Crippen molar-refractivity contribution in [2.75, 3.05) is 0 Å². The number of carbonyl (C=O) groups excluding carboxylic acids is 2. The van der Waals surface area contributed by atoms with Crippen molar-refractivity contribution in [2.45, 2.75) is 19.3 Å². The molecule has 0 radical (unpaired) electrons. The van der Waals surface area contributed by atoms with Crippen LogP contribution in [0.25, 0.3) is 0 Å². The predicted octanol–water partition coefficient (Wildman–Crippen LogP) is 6.27. The first-order valence-corrected chi connectivity index (χ1v) is 11.7. The summed E-state index contributed by atoms with van der Waals surface area (Å²) in [6.07, 6.45) is 0. The number of nitro benzene ring substituents is 2. The maximum atomic E-state index is 12.5. The summed E-state index contributed by atoms with van der Waals surface area (Å²) in [6.45, 7) is 3.96. The van der Waals surface area contributed by atoms with Crippen LogP contribution in [0.15, 0.2) is 97.1 Å². The van der Waals surface area contributed by atoms with Crippen molar-refractivity contribution in [2.24, 2.45) is 0 Å². The van der Waals surface area contributed by atoms with Crippen molar-refractivity contribution in [3.8, 4) is 11.5 Å². The van der Waals surface area contributed by atoms with E-state index in [4.69, 9.17) is 9.47 Å². The number of esters is 2. The summed E-state index contributed by atoms with van der Waals surface area (Å²) in [5, 5.41) is 22.4. The molecule has 0 aliphatic heterocycles. The van der Waals surface area contributed by atoms with E-state index in [-0.39, 0.29) is 34.0 Å². The van der Waals surface area contributed by atoms with Crippen LogP contribution in [0, 0.1) is 20.2 Å². The lowest BCUT2D eigenvalue weighted by atomic mass is 9.78. The fraction of sp³-hybridized carbons (Fsp3) is 0.103. The lowest BCUT2D eigenvalue weighted by Gasteiger charge is -2.26. The Morgan fingerprint density at radius 1 is 0.590 bits per heavy atom. The van der Waals surface area contributed by atoms with Gasteiger partial charge in [0, 0.05) is 17.5 Å². The molecule has 4 rings (SSSR count). The third-order valence-corrected chi connectivity index (χ3v) is 6.21. The highest BCUT2D eigenvalue weighted by Gasteiger charge is 2.25. The third-order valence-electron chi connectivity index (χ3n) is 6.21. The molecule has 0 saturated heterocycles. The Bertz CT molecular complexity index is 1440. The molecular weight excluding hydrogens is 504 g/mol. The van der Waals surface area contributed by atoms with Crippen molar-refractivity contribution in [1.82, 2.24) is 0 Å². The molecule has 0 spiro atoms. The van der Waals surface area contributed by atoms with Crippen LogP contribution in [0.5, 0.6) is 11.5 Å². The minimum absolute atomic E-state index is 0.144. The van der Waals surface area contributed by atoms with Gasteiger partial charge in [-0.3, -0.25) is 20.2 Å². The summed E-state index contributed by atoms with van der Waals surface area (Å²) < 4.78 is 10.7. The first-order valence-electron chi connectivity index (χ1n) is 11.7. The molecule has 196 valence electrons. The van der Waals surface area contributed by atoms with E-state index in [9.17, 15) is 29.8 Å². The van der Waals surface area contributed by atoms with Crippen molar-refractivity contribution in [1.29, 1.82) is 0 Å². The second-order valence-electron chi connectivity index (χ2n) is 9.00. The molecule has 4 aromatic rings.